The number of benzene rings is 1. The lowest BCUT2D eigenvalue weighted by Crippen LogP contribution is -2.46. The number of ether oxygens (including phenoxy) is 2. The van der Waals surface area contributed by atoms with Gasteiger partial charge in [-0.05, 0) is 30.7 Å². The lowest BCUT2D eigenvalue weighted by Gasteiger charge is -2.31. The Morgan fingerprint density at radius 2 is 2.11 bits per heavy atom. The number of carbonyl (C=O) groups is 1. The maximum absolute atomic E-state index is 12.9. The summed E-state index contributed by atoms with van der Waals surface area (Å²) in [6, 6.07) is 14.0. The number of nitrogens with zero attached hydrogens (tertiary/aromatic N) is 2. The fourth-order valence-corrected chi connectivity index (χ4v) is 4.02. The van der Waals surface area contributed by atoms with Crippen molar-refractivity contribution in [3.63, 3.8) is 0 Å². The van der Waals surface area contributed by atoms with Gasteiger partial charge in [0, 0.05) is 37.9 Å². The van der Waals surface area contributed by atoms with Crippen molar-refractivity contribution in [3.05, 3.63) is 54.4 Å². The van der Waals surface area contributed by atoms with Gasteiger partial charge < -0.3 is 24.3 Å². The summed E-state index contributed by atoms with van der Waals surface area (Å²) in [6.07, 6.45) is 2.79. The average molecular weight is 369 g/mol. The number of carbonyl (C=O) groups excluding carboxylic acids is 1. The number of aryl methyl sites for hydroxylation is 1. The second kappa shape index (κ2) is 7.74. The zero-order valence-electron chi connectivity index (χ0n) is 15.8. The van der Waals surface area contributed by atoms with Gasteiger partial charge in [-0.25, -0.2) is 0 Å². The number of para-hydroxylation sites is 1. The highest BCUT2D eigenvalue weighted by Crippen LogP contribution is 2.33. The van der Waals surface area contributed by atoms with E-state index in [2.05, 4.69) is 17.4 Å². The van der Waals surface area contributed by atoms with Crippen molar-refractivity contribution in [2.75, 3.05) is 44.8 Å². The van der Waals surface area contributed by atoms with E-state index in [1.807, 2.05) is 53.0 Å². The molecule has 2 aliphatic rings. The maximum atomic E-state index is 12.9. The van der Waals surface area contributed by atoms with Crippen LogP contribution < -0.4 is 5.32 Å². The summed E-state index contributed by atoms with van der Waals surface area (Å²) < 4.78 is 13.9. The Balaban J connectivity index is 1.40. The molecule has 2 fully saturated rings. The quantitative estimate of drug-likeness (QED) is 0.899. The predicted octanol–water partition coefficient (Wildman–Crippen LogP) is 2.38. The lowest BCUT2D eigenvalue weighted by molar-refractivity contribution is -0.0539. The molecule has 144 valence electrons. The number of hydrogen-bond acceptors (Lipinski definition) is 4. The highest BCUT2D eigenvalue weighted by atomic mass is 16.5. The smallest absolute Gasteiger partial charge is 0.270 e. The third-order valence-electron chi connectivity index (χ3n) is 5.45. The van der Waals surface area contributed by atoms with Crippen molar-refractivity contribution in [3.8, 4) is 0 Å². The van der Waals surface area contributed by atoms with E-state index in [9.17, 15) is 4.79 Å². The van der Waals surface area contributed by atoms with Crippen LogP contribution in [0.1, 0.15) is 16.9 Å². The fraction of sp³-hybridized carbons (Fsp3) is 0.476. The second-order valence-electron chi connectivity index (χ2n) is 7.59. The average Bonchev–Trinajstić information content (AvgIpc) is 3.22. The minimum absolute atomic E-state index is 0.0434. The van der Waals surface area contributed by atoms with Crippen LogP contribution in [-0.2, 0) is 16.5 Å². The van der Waals surface area contributed by atoms with Gasteiger partial charge >= 0.3 is 0 Å². The largest absolute Gasteiger partial charge is 0.385 e. The predicted molar refractivity (Wildman–Crippen MR) is 104 cm³/mol. The van der Waals surface area contributed by atoms with Crippen molar-refractivity contribution in [2.45, 2.75) is 12.0 Å². The molecule has 1 aromatic heterocycles. The van der Waals surface area contributed by atoms with Gasteiger partial charge in [0.2, 0.25) is 0 Å². The molecule has 3 heterocycles. The van der Waals surface area contributed by atoms with Crippen LogP contribution in [0, 0.1) is 5.92 Å². The summed E-state index contributed by atoms with van der Waals surface area (Å²) in [5.74, 6) is 0.445. The van der Waals surface area contributed by atoms with Crippen molar-refractivity contribution in [1.82, 2.24) is 9.47 Å². The molecule has 0 saturated carbocycles. The molecule has 6 heteroatoms. The molecule has 6 nitrogen and oxygen atoms in total. The topological polar surface area (TPSA) is 55.7 Å². The van der Waals surface area contributed by atoms with Gasteiger partial charge in [0.05, 0.1) is 26.4 Å². The lowest BCUT2D eigenvalue weighted by atomic mass is 9.94. The molecule has 2 aromatic rings. The van der Waals surface area contributed by atoms with Crippen LogP contribution in [0.3, 0.4) is 0 Å². The standard InChI is InChI=1S/C21H27N3O3/c1-23-9-5-8-19(23)20(25)24-10-11-26-16-21(15-24)12-17(14-27-21)13-22-18-6-3-2-4-7-18/h2-9,17,22H,10-16H2,1H3. The molecule has 2 aliphatic heterocycles. The van der Waals surface area contributed by atoms with Crippen molar-refractivity contribution in [1.29, 1.82) is 0 Å². The number of aromatic nitrogens is 1. The van der Waals surface area contributed by atoms with Gasteiger partial charge in [-0.3, -0.25) is 4.79 Å². The van der Waals surface area contributed by atoms with Crippen molar-refractivity contribution in [2.24, 2.45) is 13.0 Å². The molecule has 2 atom stereocenters. The van der Waals surface area contributed by atoms with Crippen molar-refractivity contribution < 1.29 is 14.3 Å². The highest BCUT2D eigenvalue weighted by molar-refractivity contribution is 5.92. The molecule has 0 bridgehead atoms. The molecule has 4 rings (SSSR count). The van der Waals surface area contributed by atoms with Crippen LogP contribution >= 0.6 is 0 Å². The first-order valence-electron chi connectivity index (χ1n) is 9.56. The maximum Gasteiger partial charge on any atom is 0.270 e. The van der Waals surface area contributed by atoms with E-state index in [1.165, 1.54) is 0 Å². The highest BCUT2D eigenvalue weighted by Gasteiger charge is 2.44. The van der Waals surface area contributed by atoms with Crippen LogP contribution in [-0.4, -0.2) is 60.4 Å². The van der Waals surface area contributed by atoms with Crippen LogP contribution in [0.5, 0.6) is 0 Å². The van der Waals surface area contributed by atoms with Gasteiger partial charge in [0.15, 0.2) is 0 Å². The van der Waals surface area contributed by atoms with E-state index >= 15 is 0 Å². The number of nitrogens with one attached hydrogen (secondary N) is 1. The Labute approximate surface area is 160 Å². The minimum atomic E-state index is -0.402. The van der Waals surface area contributed by atoms with E-state index in [1.54, 1.807) is 0 Å². The Kier molecular flexibility index (Phi) is 5.18. The summed E-state index contributed by atoms with van der Waals surface area (Å²) in [5.41, 5.74) is 1.42. The molecule has 1 amide bonds. The molecule has 1 aromatic carbocycles. The van der Waals surface area contributed by atoms with Gasteiger partial charge in [-0.15, -0.1) is 0 Å². The van der Waals surface area contributed by atoms with Crippen molar-refractivity contribution >= 4 is 11.6 Å². The van der Waals surface area contributed by atoms with Crippen LogP contribution in [0.4, 0.5) is 5.69 Å². The number of anilines is 1. The summed E-state index contributed by atoms with van der Waals surface area (Å²) >= 11 is 0. The van der Waals surface area contributed by atoms with Gasteiger partial charge in [-0.1, -0.05) is 18.2 Å². The monoisotopic (exact) mass is 369 g/mol. The van der Waals surface area contributed by atoms with E-state index in [0.717, 1.165) is 18.7 Å². The van der Waals surface area contributed by atoms with Crippen LogP contribution in [0.15, 0.2) is 48.7 Å². The second-order valence-corrected chi connectivity index (χ2v) is 7.59. The molecule has 2 unspecified atom stereocenters. The summed E-state index contributed by atoms with van der Waals surface area (Å²) in [4.78, 5) is 14.8. The Morgan fingerprint density at radius 1 is 1.26 bits per heavy atom. The fourth-order valence-electron chi connectivity index (χ4n) is 4.02. The first kappa shape index (κ1) is 18.1. The van der Waals surface area contributed by atoms with Gasteiger partial charge in [-0.2, -0.15) is 0 Å². The van der Waals surface area contributed by atoms with E-state index in [4.69, 9.17) is 9.47 Å². The molecular formula is C21H27N3O3. The first-order chi connectivity index (χ1) is 13.2. The van der Waals surface area contributed by atoms with Crippen LogP contribution in [0.25, 0.3) is 0 Å². The zero-order valence-corrected chi connectivity index (χ0v) is 15.8. The summed E-state index contributed by atoms with van der Waals surface area (Å²) in [5, 5.41) is 3.48. The molecule has 1 N–H and O–H groups in total. The SMILES string of the molecule is Cn1cccc1C(=O)N1CCOCC2(CC(CNc3ccccc3)CO2)C1. The molecule has 2 saturated heterocycles. The van der Waals surface area contributed by atoms with E-state index in [-0.39, 0.29) is 5.91 Å². The normalized spacial score (nSPS) is 25.5. The number of hydrogen-bond donors (Lipinski definition) is 1. The summed E-state index contributed by atoms with van der Waals surface area (Å²) in [7, 11) is 1.90. The molecule has 0 aliphatic carbocycles. The molecule has 0 radical (unpaired) electrons. The Morgan fingerprint density at radius 3 is 2.89 bits per heavy atom. The van der Waals surface area contributed by atoms with Gasteiger partial charge in [0.25, 0.3) is 5.91 Å². The Hall–Kier alpha value is -2.31. The minimum Gasteiger partial charge on any atom is -0.385 e. The molecule has 27 heavy (non-hydrogen) atoms. The third kappa shape index (κ3) is 4.01. The Bertz CT molecular complexity index is 776. The van der Waals surface area contributed by atoms with Crippen LogP contribution in [0.2, 0.25) is 0 Å². The first-order valence-corrected chi connectivity index (χ1v) is 9.56. The zero-order chi connectivity index (χ0) is 18.7. The van der Waals surface area contributed by atoms with E-state index in [0.29, 0.717) is 44.5 Å². The molecule has 1 spiro atoms. The number of rotatable bonds is 4. The molecular weight excluding hydrogens is 342 g/mol. The summed E-state index contributed by atoms with van der Waals surface area (Å²) in [6.45, 7) is 3.83. The third-order valence-corrected chi connectivity index (χ3v) is 5.45. The van der Waals surface area contributed by atoms with E-state index < -0.39 is 5.60 Å². The number of amides is 1. The van der Waals surface area contributed by atoms with Gasteiger partial charge in [0.1, 0.15) is 11.3 Å².